The van der Waals surface area contributed by atoms with Crippen LogP contribution in [0.5, 0.6) is 0 Å². The van der Waals surface area contributed by atoms with Crippen molar-refractivity contribution in [1.82, 2.24) is 4.98 Å². The Hall–Kier alpha value is -2.76. The first-order chi connectivity index (χ1) is 10.1. The molecule has 0 saturated carbocycles. The van der Waals surface area contributed by atoms with Gasteiger partial charge in [-0.05, 0) is 18.2 Å². The quantitative estimate of drug-likeness (QED) is 0.338. The fourth-order valence-electron chi connectivity index (χ4n) is 2.06. The Morgan fingerprint density at radius 3 is 2.76 bits per heavy atom. The first-order valence-corrected chi connectivity index (χ1v) is 6.55. The molecule has 0 radical (unpaired) electrons. The van der Waals surface area contributed by atoms with E-state index in [1.54, 1.807) is 6.20 Å². The van der Waals surface area contributed by atoms with Gasteiger partial charge in [0.25, 0.3) is 0 Å². The van der Waals surface area contributed by atoms with Gasteiger partial charge in [0, 0.05) is 32.4 Å². The summed E-state index contributed by atoms with van der Waals surface area (Å²) >= 11 is 0. The number of nitrogens with two attached hydrogens (primary N) is 1. The van der Waals surface area contributed by atoms with Gasteiger partial charge in [0.15, 0.2) is 5.84 Å². The van der Waals surface area contributed by atoms with Crippen LogP contribution in [0.25, 0.3) is 0 Å². The van der Waals surface area contributed by atoms with Crippen molar-refractivity contribution in [2.75, 3.05) is 24.3 Å². The van der Waals surface area contributed by atoms with E-state index in [-0.39, 0.29) is 5.84 Å². The third kappa shape index (κ3) is 3.42. The van der Waals surface area contributed by atoms with Gasteiger partial charge < -0.3 is 21.2 Å². The highest BCUT2D eigenvalue weighted by Gasteiger charge is 2.09. The maximum absolute atomic E-state index is 8.81. The van der Waals surface area contributed by atoms with Gasteiger partial charge in [0.1, 0.15) is 5.69 Å². The Bertz CT molecular complexity index is 639. The lowest BCUT2D eigenvalue weighted by Gasteiger charge is -2.18. The van der Waals surface area contributed by atoms with Gasteiger partial charge in [0.2, 0.25) is 0 Å². The first kappa shape index (κ1) is 14.6. The molecule has 0 atom stereocenters. The lowest BCUT2D eigenvalue weighted by atomic mass is 10.1. The predicted molar refractivity (Wildman–Crippen MR) is 84.8 cm³/mol. The molecule has 0 bridgehead atoms. The van der Waals surface area contributed by atoms with Crippen molar-refractivity contribution in [1.29, 1.82) is 0 Å². The van der Waals surface area contributed by atoms with Crippen molar-refractivity contribution >= 4 is 17.2 Å². The molecule has 2 rings (SSSR count). The van der Waals surface area contributed by atoms with Crippen LogP contribution in [-0.4, -0.2) is 30.1 Å². The smallest absolute Gasteiger partial charge is 0.189 e. The molecule has 6 nitrogen and oxygen atoms in total. The standard InChI is InChI=1S/C15H19N5O/c1-20(2)13-8-4-3-7-12(13)18-10-11-6-5-9-17-14(11)15(16)19-21/h3-9,18,21H,10H2,1-2H3,(H2,16,19). The number of pyridine rings is 1. The number of oxime groups is 1. The average Bonchev–Trinajstić information content (AvgIpc) is 2.52. The number of benzene rings is 1. The number of rotatable bonds is 5. The number of hydrogen-bond donors (Lipinski definition) is 3. The van der Waals surface area contributed by atoms with Gasteiger partial charge in [0.05, 0.1) is 11.4 Å². The van der Waals surface area contributed by atoms with Crippen LogP contribution in [-0.2, 0) is 6.54 Å². The van der Waals surface area contributed by atoms with E-state index < -0.39 is 0 Å². The lowest BCUT2D eigenvalue weighted by molar-refractivity contribution is 0.318. The first-order valence-electron chi connectivity index (χ1n) is 6.55. The van der Waals surface area contributed by atoms with Gasteiger partial charge in [-0.3, -0.25) is 4.98 Å². The Morgan fingerprint density at radius 1 is 1.29 bits per heavy atom. The number of anilines is 2. The summed E-state index contributed by atoms with van der Waals surface area (Å²) in [5.74, 6) is 0.00768. The molecule has 0 aliphatic carbocycles. The molecule has 0 amide bonds. The Kier molecular flexibility index (Phi) is 4.61. The van der Waals surface area contributed by atoms with Gasteiger partial charge in [-0.1, -0.05) is 23.4 Å². The third-order valence-corrected chi connectivity index (χ3v) is 3.10. The molecule has 2 aromatic rings. The van der Waals surface area contributed by atoms with Crippen LogP contribution in [0.1, 0.15) is 11.3 Å². The van der Waals surface area contributed by atoms with Crippen molar-refractivity contribution in [3.8, 4) is 0 Å². The van der Waals surface area contributed by atoms with E-state index in [0.29, 0.717) is 12.2 Å². The zero-order valence-corrected chi connectivity index (χ0v) is 12.1. The molecule has 4 N–H and O–H groups in total. The second-order valence-electron chi connectivity index (χ2n) is 4.76. The van der Waals surface area contributed by atoms with Crippen LogP contribution in [0.3, 0.4) is 0 Å². The molecule has 1 heterocycles. The number of aromatic nitrogens is 1. The molecule has 21 heavy (non-hydrogen) atoms. The molecule has 1 aromatic carbocycles. The summed E-state index contributed by atoms with van der Waals surface area (Å²) in [4.78, 5) is 6.19. The number of hydrogen-bond acceptors (Lipinski definition) is 5. The molecule has 0 spiro atoms. The highest BCUT2D eigenvalue weighted by Crippen LogP contribution is 2.24. The summed E-state index contributed by atoms with van der Waals surface area (Å²) < 4.78 is 0. The molecule has 0 unspecified atom stereocenters. The lowest BCUT2D eigenvalue weighted by Crippen LogP contribution is -2.19. The SMILES string of the molecule is CN(C)c1ccccc1NCc1cccnc1/C(N)=N/O. The average molecular weight is 285 g/mol. The Morgan fingerprint density at radius 2 is 2.05 bits per heavy atom. The second kappa shape index (κ2) is 6.60. The number of nitrogens with one attached hydrogen (secondary N) is 1. The van der Waals surface area contributed by atoms with Crippen LogP contribution in [0, 0.1) is 0 Å². The number of para-hydroxylation sites is 2. The summed E-state index contributed by atoms with van der Waals surface area (Å²) in [5.41, 5.74) is 9.09. The molecule has 0 saturated heterocycles. The van der Waals surface area contributed by atoms with E-state index in [1.165, 1.54) is 0 Å². The summed E-state index contributed by atoms with van der Waals surface area (Å²) in [6.07, 6.45) is 1.62. The molecule has 0 aliphatic rings. The summed E-state index contributed by atoms with van der Waals surface area (Å²) in [5, 5.41) is 15.2. The molecule has 1 aromatic heterocycles. The fourth-order valence-corrected chi connectivity index (χ4v) is 2.06. The van der Waals surface area contributed by atoms with E-state index >= 15 is 0 Å². The fraction of sp³-hybridized carbons (Fsp3) is 0.200. The number of nitrogens with zero attached hydrogens (tertiary/aromatic N) is 3. The molecule has 110 valence electrons. The third-order valence-electron chi connectivity index (χ3n) is 3.10. The van der Waals surface area contributed by atoms with Crippen LogP contribution in [0.4, 0.5) is 11.4 Å². The highest BCUT2D eigenvalue weighted by atomic mass is 16.4. The van der Waals surface area contributed by atoms with Gasteiger partial charge >= 0.3 is 0 Å². The maximum Gasteiger partial charge on any atom is 0.189 e. The Labute approximate surface area is 123 Å². The van der Waals surface area contributed by atoms with Crippen molar-refractivity contribution < 1.29 is 5.21 Å². The normalized spacial score (nSPS) is 11.2. The molecule has 6 heteroatoms. The van der Waals surface area contributed by atoms with Crippen LogP contribution in [0.2, 0.25) is 0 Å². The van der Waals surface area contributed by atoms with Crippen LogP contribution < -0.4 is 16.0 Å². The number of amidine groups is 1. The van der Waals surface area contributed by atoms with Gasteiger partial charge in [-0.15, -0.1) is 0 Å². The summed E-state index contributed by atoms with van der Waals surface area (Å²) in [7, 11) is 3.98. The van der Waals surface area contributed by atoms with Crippen LogP contribution in [0.15, 0.2) is 47.8 Å². The van der Waals surface area contributed by atoms with Crippen molar-refractivity contribution in [2.24, 2.45) is 10.9 Å². The van der Waals surface area contributed by atoms with Crippen molar-refractivity contribution in [3.63, 3.8) is 0 Å². The molecular weight excluding hydrogens is 266 g/mol. The van der Waals surface area contributed by atoms with E-state index in [1.807, 2.05) is 55.4 Å². The topological polar surface area (TPSA) is 86.8 Å². The second-order valence-corrected chi connectivity index (χ2v) is 4.76. The van der Waals surface area contributed by atoms with E-state index in [9.17, 15) is 0 Å². The Balaban J connectivity index is 2.22. The van der Waals surface area contributed by atoms with Gasteiger partial charge in [-0.2, -0.15) is 0 Å². The zero-order valence-electron chi connectivity index (χ0n) is 12.1. The minimum Gasteiger partial charge on any atom is -0.409 e. The van der Waals surface area contributed by atoms with Crippen molar-refractivity contribution in [3.05, 3.63) is 53.9 Å². The maximum atomic E-state index is 8.81. The minimum atomic E-state index is 0.00768. The molecule has 0 aliphatic heterocycles. The monoisotopic (exact) mass is 285 g/mol. The summed E-state index contributed by atoms with van der Waals surface area (Å²) in [6.45, 7) is 0.532. The van der Waals surface area contributed by atoms with Crippen LogP contribution >= 0.6 is 0 Å². The highest BCUT2D eigenvalue weighted by molar-refractivity contribution is 5.96. The molecular formula is C15H19N5O. The van der Waals surface area contributed by atoms with E-state index in [0.717, 1.165) is 16.9 Å². The largest absolute Gasteiger partial charge is 0.409 e. The predicted octanol–water partition coefficient (Wildman–Crippen LogP) is 1.85. The van der Waals surface area contributed by atoms with Gasteiger partial charge in [-0.25, -0.2) is 0 Å². The van der Waals surface area contributed by atoms with E-state index in [2.05, 4.69) is 15.5 Å². The van der Waals surface area contributed by atoms with E-state index in [4.69, 9.17) is 10.9 Å². The summed E-state index contributed by atoms with van der Waals surface area (Å²) in [6, 6.07) is 11.7. The minimum absolute atomic E-state index is 0.00768. The zero-order chi connectivity index (χ0) is 15.2. The van der Waals surface area contributed by atoms with Crippen molar-refractivity contribution in [2.45, 2.75) is 6.54 Å². The molecule has 0 fully saturated rings.